The van der Waals surface area contributed by atoms with Gasteiger partial charge in [0.2, 0.25) is 5.91 Å². The van der Waals surface area contributed by atoms with Gasteiger partial charge in [-0.25, -0.2) is 4.39 Å². The third-order valence-electron chi connectivity index (χ3n) is 7.45. The quantitative estimate of drug-likeness (QED) is 0.793. The summed E-state index contributed by atoms with van der Waals surface area (Å²) >= 11 is 0. The lowest BCUT2D eigenvalue weighted by atomic mass is 9.94. The zero-order valence-corrected chi connectivity index (χ0v) is 18.6. The van der Waals surface area contributed by atoms with Crippen LogP contribution >= 0.6 is 0 Å². The SMILES string of the molecule is O=C(CN1CCc2cc(-c3ccc(O)c(F)c3)ccc2C1)N1CCN(C2CCCC2)CC1. The van der Waals surface area contributed by atoms with Crippen LogP contribution in [0.3, 0.4) is 0 Å². The molecule has 2 fully saturated rings. The van der Waals surface area contributed by atoms with E-state index in [-0.39, 0.29) is 11.7 Å². The minimum Gasteiger partial charge on any atom is -0.505 e. The highest BCUT2D eigenvalue weighted by Crippen LogP contribution is 2.29. The van der Waals surface area contributed by atoms with E-state index in [1.165, 1.54) is 48.9 Å². The molecule has 1 saturated heterocycles. The van der Waals surface area contributed by atoms with Crippen molar-refractivity contribution in [3.63, 3.8) is 0 Å². The molecule has 1 saturated carbocycles. The zero-order valence-electron chi connectivity index (χ0n) is 18.6. The van der Waals surface area contributed by atoms with Gasteiger partial charge in [0.25, 0.3) is 0 Å². The van der Waals surface area contributed by atoms with Crippen molar-refractivity contribution in [3.8, 4) is 16.9 Å². The largest absolute Gasteiger partial charge is 0.505 e. The Morgan fingerprint density at radius 1 is 0.938 bits per heavy atom. The average molecular weight is 438 g/mol. The first-order valence-corrected chi connectivity index (χ1v) is 11.9. The fraction of sp³-hybridized carbons (Fsp3) is 0.500. The summed E-state index contributed by atoms with van der Waals surface area (Å²) in [6, 6.07) is 11.4. The Morgan fingerprint density at radius 3 is 2.41 bits per heavy atom. The van der Waals surface area contributed by atoms with Gasteiger partial charge in [-0.15, -0.1) is 0 Å². The Balaban J connectivity index is 1.17. The van der Waals surface area contributed by atoms with Crippen LogP contribution in [-0.4, -0.2) is 71.0 Å². The van der Waals surface area contributed by atoms with Crippen molar-refractivity contribution in [2.45, 2.75) is 44.7 Å². The summed E-state index contributed by atoms with van der Waals surface area (Å²) in [5.41, 5.74) is 4.20. The third-order valence-corrected chi connectivity index (χ3v) is 7.45. The van der Waals surface area contributed by atoms with Crippen molar-refractivity contribution in [1.29, 1.82) is 0 Å². The zero-order chi connectivity index (χ0) is 22.1. The molecule has 2 aromatic carbocycles. The van der Waals surface area contributed by atoms with E-state index < -0.39 is 5.82 Å². The van der Waals surface area contributed by atoms with Crippen molar-refractivity contribution >= 4 is 5.91 Å². The molecule has 2 aromatic rings. The Bertz CT molecular complexity index is 981. The standard InChI is InChI=1S/C26H32FN3O2/c27-24-16-20(7-8-25(24)31)19-5-6-22-17-28(10-9-21(22)15-19)18-26(32)30-13-11-29(12-14-30)23-3-1-2-4-23/h5-8,15-16,23,31H,1-4,9-14,17-18H2. The van der Waals surface area contributed by atoms with E-state index in [9.17, 15) is 14.3 Å². The topological polar surface area (TPSA) is 47.0 Å². The Hall–Kier alpha value is -2.44. The van der Waals surface area contributed by atoms with Crippen molar-refractivity contribution < 1.29 is 14.3 Å². The summed E-state index contributed by atoms with van der Waals surface area (Å²) in [5.74, 6) is -0.684. The van der Waals surface area contributed by atoms with E-state index in [4.69, 9.17) is 0 Å². The van der Waals surface area contributed by atoms with Crippen LogP contribution < -0.4 is 0 Å². The molecule has 0 radical (unpaired) electrons. The van der Waals surface area contributed by atoms with Crippen molar-refractivity contribution in [2.75, 3.05) is 39.3 Å². The van der Waals surface area contributed by atoms with Crippen LogP contribution in [0, 0.1) is 5.82 Å². The van der Waals surface area contributed by atoms with Crippen LogP contribution in [0.5, 0.6) is 5.75 Å². The number of piperazine rings is 1. The highest BCUT2D eigenvalue weighted by Gasteiger charge is 2.29. The molecular formula is C26H32FN3O2. The van der Waals surface area contributed by atoms with E-state index >= 15 is 0 Å². The highest BCUT2D eigenvalue weighted by molar-refractivity contribution is 5.78. The second kappa shape index (κ2) is 9.20. The molecule has 2 aliphatic heterocycles. The molecule has 5 nitrogen and oxygen atoms in total. The predicted molar refractivity (Wildman–Crippen MR) is 123 cm³/mol. The number of hydrogen-bond acceptors (Lipinski definition) is 4. The van der Waals surface area contributed by atoms with Gasteiger partial charge in [0, 0.05) is 45.3 Å². The van der Waals surface area contributed by atoms with Gasteiger partial charge in [0.05, 0.1) is 6.54 Å². The van der Waals surface area contributed by atoms with Crippen molar-refractivity contribution in [2.24, 2.45) is 0 Å². The number of aromatic hydroxyl groups is 1. The smallest absolute Gasteiger partial charge is 0.236 e. The van der Waals surface area contributed by atoms with Crippen LogP contribution in [0.1, 0.15) is 36.8 Å². The molecule has 2 heterocycles. The van der Waals surface area contributed by atoms with Gasteiger partial charge >= 0.3 is 0 Å². The number of halogens is 1. The summed E-state index contributed by atoms with van der Waals surface area (Å²) in [7, 11) is 0. The van der Waals surface area contributed by atoms with E-state index in [2.05, 4.69) is 21.9 Å². The summed E-state index contributed by atoms with van der Waals surface area (Å²) < 4.78 is 13.7. The molecule has 32 heavy (non-hydrogen) atoms. The number of carbonyl (C=O) groups is 1. The number of benzene rings is 2. The maximum Gasteiger partial charge on any atom is 0.236 e. The maximum atomic E-state index is 13.7. The van der Waals surface area contributed by atoms with E-state index in [0.29, 0.717) is 6.54 Å². The molecule has 0 aromatic heterocycles. The van der Waals surface area contributed by atoms with Gasteiger partial charge < -0.3 is 10.0 Å². The molecule has 3 aliphatic rings. The highest BCUT2D eigenvalue weighted by atomic mass is 19.1. The van der Waals surface area contributed by atoms with Gasteiger partial charge in [-0.3, -0.25) is 14.6 Å². The second-order valence-corrected chi connectivity index (χ2v) is 9.47. The van der Waals surface area contributed by atoms with Crippen LogP contribution in [0.25, 0.3) is 11.1 Å². The predicted octanol–water partition coefficient (Wildman–Crippen LogP) is 3.64. The normalized spacial score (nSPS) is 20.5. The summed E-state index contributed by atoms with van der Waals surface area (Å²) in [6.07, 6.45) is 6.24. The minimum absolute atomic E-state index is 0.246. The number of phenols is 1. The fourth-order valence-electron chi connectivity index (χ4n) is 5.51. The number of fused-ring (bicyclic) bond motifs is 1. The lowest BCUT2D eigenvalue weighted by Crippen LogP contribution is -2.53. The van der Waals surface area contributed by atoms with Crippen LogP contribution in [0.4, 0.5) is 4.39 Å². The number of amides is 1. The van der Waals surface area contributed by atoms with Gasteiger partial charge in [0.1, 0.15) is 0 Å². The summed E-state index contributed by atoms with van der Waals surface area (Å²) in [4.78, 5) is 19.8. The average Bonchev–Trinajstić information content (AvgIpc) is 3.36. The van der Waals surface area contributed by atoms with Gasteiger partial charge in [0.15, 0.2) is 11.6 Å². The first-order valence-electron chi connectivity index (χ1n) is 11.9. The number of nitrogens with zero attached hydrogens (tertiary/aromatic N) is 3. The minimum atomic E-state index is -0.603. The van der Waals surface area contributed by atoms with Gasteiger partial charge in [-0.05, 0) is 53.6 Å². The number of hydrogen-bond donors (Lipinski definition) is 1. The fourth-order valence-corrected chi connectivity index (χ4v) is 5.51. The summed E-state index contributed by atoms with van der Waals surface area (Å²) in [5, 5.41) is 9.43. The second-order valence-electron chi connectivity index (χ2n) is 9.47. The van der Waals surface area contributed by atoms with Crippen molar-refractivity contribution in [1.82, 2.24) is 14.7 Å². The van der Waals surface area contributed by atoms with E-state index in [1.54, 1.807) is 6.07 Å². The van der Waals surface area contributed by atoms with Gasteiger partial charge in [-0.2, -0.15) is 0 Å². The number of rotatable bonds is 4. The van der Waals surface area contributed by atoms with Crippen LogP contribution in [0.2, 0.25) is 0 Å². The monoisotopic (exact) mass is 437 g/mol. The Kier molecular flexibility index (Phi) is 6.15. The molecule has 1 N–H and O–H groups in total. The molecule has 5 rings (SSSR count). The van der Waals surface area contributed by atoms with E-state index in [0.717, 1.165) is 62.9 Å². The molecule has 6 heteroatoms. The molecule has 0 unspecified atom stereocenters. The molecular weight excluding hydrogens is 405 g/mol. The molecule has 0 bridgehead atoms. The molecule has 1 amide bonds. The van der Waals surface area contributed by atoms with Crippen LogP contribution in [-0.2, 0) is 17.8 Å². The molecule has 0 spiro atoms. The molecule has 1 aliphatic carbocycles. The number of carbonyl (C=O) groups excluding carboxylic acids is 1. The summed E-state index contributed by atoms with van der Waals surface area (Å²) in [6.45, 7) is 5.84. The Morgan fingerprint density at radius 2 is 1.66 bits per heavy atom. The van der Waals surface area contributed by atoms with Crippen LogP contribution in [0.15, 0.2) is 36.4 Å². The first kappa shape index (κ1) is 21.4. The molecule has 0 atom stereocenters. The Labute approximate surface area is 189 Å². The van der Waals surface area contributed by atoms with Crippen molar-refractivity contribution in [3.05, 3.63) is 53.3 Å². The number of phenolic OH excluding ortho intramolecular Hbond substituents is 1. The maximum absolute atomic E-state index is 13.7. The molecule has 170 valence electrons. The van der Waals surface area contributed by atoms with E-state index in [1.807, 2.05) is 11.0 Å². The lowest BCUT2D eigenvalue weighted by Gasteiger charge is -2.39. The third kappa shape index (κ3) is 4.52. The lowest BCUT2D eigenvalue weighted by molar-refractivity contribution is -0.134. The first-order chi connectivity index (χ1) is 15.6. The van der Waals surface area contributed by atoms with Gasteiger partial charge in [-0.1, -0.05) is 37.1 Å².